The van der Waals surface area contributed by atoms with Crippen molar-refractivity contribution in [1.29, 1.82) is 0 Å². The van der Waals surface area contributed by atoms with Crippen LogP contribution in [0.5, 0.6) is 0 Å². The molecule has 1 fully saturated rings. The van der Waals surface area contributed by atoms with E-state index < -0.39 is 24.0 Å². The second kappa shape index (κ2) is 21.2. The first kappa shape index (κ1) is 32.5. The second-order valence-electron chi connectivity index (χ2n) is 7.34. The van der Waals surface area contributed by atoms with Crippen molar-refractivity contribution in [3.63, 3.8) is 0 Å². The number of aliphatic hydroxyl groups is 2. The minimum absolute atomic E-state index is 0.106. The van der Waals surface area contributed by atoms with Gasteiger partial charge < -0.3 is 30.6 Å². The fourth-order valence-electron chi connectivity index (χ4n) is 2.95. The molecule has 1 rings (SSSR count). The SMILES string of the molecule is CCCCCOOC1CC(CO)CCC1(CO)OOCCCCC.O=C(O)O.O=C(O)O. The minimum Gasteiger partial charge on any atom is -0.450 e. The van der Waals surface area contributed by atoms with Gasteiger partial charge in [-0.3, -0.25) is 0 Å². The molecule has 0 spiro atoms. The lowest BCUT2D eigenvalue weighted by atomic mass is 9.77. The Labute approximate surface area is 188 Å². The van der Waals surface area contributed by atoms with Gasteiger partial charge in [-0.05, 0) is 38.0 Å². The number of aliphatic hydroxyl groups excluding tert-OH is 2. The predicted molar refractivity (Wildman–Crippen MR) is 112 cm³/mol. The van der Waals surface area contributed by atoms with E-state index in [1.54, 1.807) is 0 Å². The van der Waals surface area contributed by atoms with Crippen LogP contribution in [0, 0.1) is 5.92 Å². The van der Waals surface area contributed by atoms with Gasteiger partial charge in [0.05, 0.1) is 19.8 Å². The lowest BCUT2D eigenvalue weighted by molar-refractivity contribution is -0.435. The average molecular weight is 473 g/mol. The molecule has 0 bridgehead atoms. The quantitative estimate of drug-likeness (QED) is 0.122. The van der Waals surface area contributed by atoms with E-state index in [9.17, 15) is 10.2 Å². The van der Waals surface area contributed by atoms with Crippen LogP contribution in [0.4, 0.5) is 9.59 Å². The molecule has 1 aliphatic rings. The molecule has 0 saturated heterocycles. The number of rotatable bonds is 14. The third-order valence-corrected chi connectivity index (χ3v) is 4.71. The molecule has 1 aliphatic carbocycles. The van der Waals surface area contributed by atoms with Crippen LogP contribution in [0.25, 0.3) is 0 Å². The van der Waals surface area contributed by atoms with Crippen molar-refractivity contribution < 1.29 is 59.8 Å². The van der Waals surface area contributed by atoms with Gasteiger partial charge in [0, 0.05) is 6.61 Å². The number of carbonyl (C=O) groups is 2. The van der Waals surface area contributed by atoms with Gasteiger partial charge in [0.25, 0.3) is 0 Å². The van der Waals surface area contributed by atoms with Gasteiger partial charge in [0.15, 0.2) is 5.60 Å². The molecule has 192 valence electrons. The topological polar surface area (TPSA) is 192 Å². The van der Waals surface area contributed by atoms with E-state index in [0.29, 0.717) is 26.1 Å². The zero-order valence-corrected chi connectivity index (χ0v) is 19.0. The normalized spacial score (nSPS) is 22.1. The van der Waals surface area contributed by atoms with Gasteiger partial charge in [0.1, 0.15) is 6.10 Å². The summed E-state index contributed by atoms with van der Waals surface area (Å²) in [4.78, 5) is 39.0. The summed E-state index contributed by atoms with van der Waals surface area (Å²) in [5, 5.41) is 47.2. The summed E-state index contributed by atoms with van der Waals surface area (Å²) in [5.74, 6) is 0.137. The van der Waals surface area contributed by atoms with Crippen molar-refractivity contribution in [2.24, 2.45) is 5.92 Å². The monoisotopic (exact) mass is 472 g/mol. The Bertz CT molecular complexity index is 442. The van der Waals surface area contributed by atoms with Crippen molar-refractivity contribution in [3.05, 3.63) is 0 Å². The van der Waals surface area contributed by atoms with Gasteiger partial charge in [-0.25, -0.2) is 29.1 Å². The van der Waals surface area contributed by atoms with E-state index >= 15 is 0 Å². The summed E-state index contributed by atoms with van der Waals surface area (Å²) in [6, 6.07) is 0. The predicted octanol–water partition coefficient (Wildman–Crippen LogP) is 3.60. The Morgan fingerprint density at radius 2 is 1.38 bits per heavy atom. The fourth-order valence-corrected chi connectivity index (χ4v) is 2.95. The van der Waals surface area contributed by atoms with Crippen LogP contribution in [-0.2, 0) is 19.6 Å². The van der Waals surface area contributed by atoms with Crippen molar-refractivity contribution >= 4 is 12.3 Å². The molecule has 3 unspecified atom stereocenters. The Balaban J connectivity index is 0. The van der Waals surface area contributed by atoms with Crippen molar-refractivity contribution in [3.8, 4) is 0 Å². The van der Waals surface area contributed by atoms with Crippen LogP contribution in [0.1, 0.15) is 71.6 Å². The molecule has 0 heterocycles. The Morgan fingerprint density at radius 3 is 1.81 bits per heavy atom. The lowest BCUT2D eigenvalue weighted by Crippen LogP contribution is -2.53. The van der Waals surface area contributed by atoms with E-state index in [0.717, 1.165) is 44.9 Å². The molecule has 3 atom stereocenters. The maximum atomic E-state index is 9.91. The van der Waals surface area contributed by atoms with Gasteiger partial charge >= 0.3 is 12.3 Å². The molecule has 0 amide bonds. The molecule has 32 heavy (non-hydrogen) atoms. The van der Waals surface area contributed by atoms with E-state index in [4.69, 9.17) is 49.6 Å². The van der Waals surface area contributed by atoms with Crippen LogP contribution in [-0.4, -0.2) is 81.1 Å². The fraction of sp³-hybridized carbons (Fsp3) is 0.900. The molecule has 12 heteroatoms. The molecule has 0 aromatic rings. The molecule has 0 aliphatic heterocycles. The van der Waals surface area contributed by atoms with Crippen molar-refractivity contribution in [2.75, 3.05) is 26.4 Å². The highest BCUT2D eigenvalue weighted by molar-refractivity contribution is 5.53. The minimum atomic E-state index is -1.83. The smallest absolute Gasteiger partial charge is 0.450 e. The summed E-state index contributed by atoms with van der Waals surface area (Å²) < 4.78 is 0. The van der Waals surface area contributed by atoms with Gasteiger partial charge in [-0.15, -0.1) is 0 Å². The maximum absolute atomic E-state index is 9.91. The summed E-state index contributed by atoms with van der Waals surface area (Å²) in [5.41, 5.74) is -0.914. The van der Waals surface area contributed by atoms with Crippen LogP contribution in [0.2, 0.25) is 0 Å². The zero-order chi connectivity index (χ0) is 24.8. The number of carboxylic acid groups (broad SMARTS) is 4. The molecule has 6 N–H and O–H groups in total. The van der Waals surface area contributed by atoms with E-state index in [1.165, 1.54) is 0 Å². The summed E-state index contributed by atoms with van der Waals surface area (Å²) in [7, 11) is 0. The molecule has 1 saturated carbocycles. The first-order chi connectivity index (χ1) is 15.2. The first-order valence-electron chi connectivity index (χ1n) is 10.8. The maximum Gasteiger partial charge on any atom is 0.503 e. The highest BCUT2D eigenvalue weighted by atomic mass is 17.2. The summed E-state index contributed by atoms with van der Waals surface area (Å²) in [6.45, 7) is 5.20. The highest BCUT2D eigenvalue weighted by Crippen LogP contribution is 2.37. The summed E-state index contributed by atoms with van der Waals surface area (Å²) >= 11 is 0. The molecule has 0 aromatic carbocycles. The van der Waals surface area contributed by atoms with Gasteiger partial charge in [0.2, 0.25) is 0 Å². The van der Waals surface area contributed by atoms with Gasteiger partial charge in [-0.1, -0.05) is 39.5 Å². The molecule has 12 nitrogen and oxygen atoms in total. The van der Waals surface area contributed by atoms with Crippen molar-refractivity contribution in [2.45, 2.75) is 83.3 Å². The number of hydrogen-bond acceptors (Lipinski definition) is 8. The van der Waals surface area contributed by atoms with Crippen LogP contribution in [0.15, 0.2) is 0 Å². The zero-order valence-electron chi connectivity index (χ0n) is 19.0. The van der Waals surface area contributed by atoms with Crippen LogP contribution < -0.4 is 0 Å². The van der Waals surface area contributed by atoms with E-state index in [2.05, 4.69) is 13.8 Å². The average Bonchev–Trinajstić information content (AvgIpc) is 2.73. The first-order valence-corrected chi connectivity index (χ1v) is 10.8. The molecular formula is C20H40O12. The van der Waals surface area contributed by atoms with E-state index in [1.807, 2.05) is 0 Å². The molecular weight excluding hydrogens is 432 g/mol. The van der Waals surface area contributed by atoms with Crippen molar-refractivity contribution in [1.82, 2.24) is 0 Å². The Kier molecular flexibility index (Phi) is 21.5. The van der Waals surface area contributed by atoms with Crippen LogP contribution >= 0.6 is 0 Å². The highest BCUT2D eigenvalue weighted by Gasteiger charge is 2.47. The molecule has 0 aromatic heterocycles. The van der Waals surface area contributed by atoms with E-state index in [-0.39, 0.29) is 19.1 Å². The van der Waals surface area contributed by atoms with Crippen LogP contribution in [0.3, 0.4) is 0 Å². The number of hydrogen-bond donors (Lipinski definition) is 6. The standard InChI is InChI=1S/C18H36O6.2CH2O3/c1-3-5-7-11-21-23-17-13-16(14-19)9-10-18(17,15-20)24-22-12-8-6-4-2;2*2-1(3)4/h16-17,19-20H,3-15H2,1-2H3;2*(H2,2,3,4). The second-order valence-corrected chi connectivity index (χ2v) is 7.34. The molecule has 0 radical (unpaired) electrons. The third kappa shape index (κ3) is 17.9. The summed E-state index contributed by atoms with van der Waals surface area (Å²) in [6.07, 6.45) is 4.10. The Hall–Kier alpha value is -1.70. The third-order valence-electron chi connectivity index (χ3n) is 4.71. The number of unbranched alkanes of at least 4 members (excludes halogenated alkanes) is 4. The largest absolute Gasteiger partial charge is 0.503 e. The van der Waals surface area contributed by atoms with Gasteiger partial charge in [-0.2, -0.15) is 0 Å². The lowest BCUT2D eigenvalue weighted by Gasteiger charge is -2.42. The Morgan fingerprint density at radius 1 is 0.875 bits per heavy atom.